The van der Waals surface area contributed by atoms with Crippen molar-refractivity contribution < 1.29 is 14.6 Å². The summed E-state index contributed by atoms with van der Waals surface area (Å²) in [4.78, 5) is 10.4. The number of urea groups is 1. The van der Waals surface area contributed by atoms with E-state index in [1.165, 1.54) is 19.4 Å². The number of hydrazone groups is 1. The minimum Gasteiger partial charge on any atom is -0.507 e. The van der Waals surface area contributed by atoms with Crippen LogP contribution in [0.5, 0.6) is 11.5 Å². The minimum atomic E-state index is -0.762. The fourth-order valence-electron chi connectivity index (χ4n) is 1.19. The highest BCUT2D eigenvalue weighted by Gasteiger charge is 2.05. The van der Waals surface area contributed by atoms with Crippen LogP contribution < -0.4 is 15.9 Å². The minimum absolute atomic E-state index is 0.0203. The van der Waals surface area contributed by atoms with Crippen LogP contribution in [0.1, 0.15) is 11.1 Å². The standard InChI is InChI=1S/C10H13N3O3/c1-6-3-7(16-2)4-9(14)8(6)5-12-13-10(11)15/h3-5,14H,1-2H3,(H3,11,13,15). The first-order chi connectivity index (χ1) is 7.54. The van der Waals surface area contributed by atoms with E-state index in [0.29, 0.717) is 11.3 Å². The van der Waals surface area contributed by atoms with Gasteiger partial charge >= 0.3 is 6.03 Å². The van der Waals surface area contributed by atoms with Gasteiger partial charge in [0.25, 0.3) is 0 Å². The van der Waals surface area contributed by atoms with Crippen LogP contribution in [0.3, 0.4) is 0 Å². The van der Waals surface area contributed by atoms with E-state index >= 15 is 0 Å². The third-order valence-corrected chi connectivity index (χ3v) is 1.94. The number of aromatic hydroxyl groups is 1. The molecule has 4 N–H and O–H groups in total. The van der Waals surface area contributed by atoms with Crippen molar-refractivity contribution in [3.63, 3.8) is 0 Å². The Morgan fingerprint density at radius 1 is 1.62 bits per heavy atom. The Kier molecular flexibility index (Phi) is 3.71. The lowest BCUT2D eigenvalue weighted by Crippen LogP contribution is -2.24. The summed E-state index contributed by atoms with van der Waals surface area (Å²) in [5.74, 6) is 0.571. The van der Waals surface area contributed by atoms with E-state index in [1.807, 2.05) is 5.43 Å². The molecule has 6 nitrogen and oxygen atoms in total. The lowest BCUT2D eigenvalue weighted by Gasteiger charge is -2.06. The molecule has 1 rings (SSSR count). The second-order valence-electron chi connectivity index (χ2n) is 3.11. The van der Waals surface area contributed by atoms with Crippen LogP contribution in [0, 0.1) is 6.92 Å². The van der Waals surface area contributed by atoms with Crippen molar-refractivity contribution in [2.24, 2.45) is 10.8 Å². The zero-order valence-corrected chi connectivity index (χ0v) is 9.02. The molecular formula is C10H13N3O3. The second kappa shape index (κ2) is 5.01. The van der Waals surface area contributed by atoms with E-state index in [4.69, 9.17) is 10.5 Å². The summed E-state index contributed by atoms with van der Waals surface area (Å²) in [6, 6.07) is 2.44. The third-order valence-electron chi connectivity index (χ3n) is 1.94. The van der Waals surface area contributed by atoms with E-state index < -0.39 is 6.03 Å². The molecule has 86 valence electrons. The van der Waals surface area contributed by atoms with Crippen molar-refractivity contribution in [2.45, 2.75) is 6.92 Å². The molecule has 6 heteroatoms. The van der Waals surface area contributed by atoms with E-state index in [9.17, 15) is 9.90 Å². The van der Waals surface area contributed by atoms with Gasteiger partial charge in [0.15, 0.2) is 0 Å². The van der Waals surface area contributed by atoms with E-state index in [2.05, 4.69) is 5.10 Å². The maximum atomic E-state index is 10.4. The average molecular weight is 223 g/mol. The number of phenols is 1. The van der Waals surface area contributed by atoms with Crippen LogP contribution in [0.15, 0.2) is 17.2 Å². The van der Waals surface area contributed by atoms with Crippen molar-refractivity contribution in [1.82, 2.24) is 5.43 Å². The summed E-state index contributed by atoms with van der Waals surface area (Å²) < 4.78 is 4.98. The molecule has 0 saturated carbocycles. The molecule has 1 aromatic rings. The first-order valence-electron chi connectivity index (χ1n) is 4.50. The van der Waals surface area contributed by atoms with Crippen LogP contribution in [0.4, 0.5) is 4.79 Å². The fourth-order valence-corrected chi connectivity index (χ4v) is 1.19. The Bertz CT molecular complexity index is 406. The highest BCUT2D eigenvalue weighted by Crippen LogP contribution is 2.25. The zero-order valence-electron chi connectivity index (χ0n) is 9.02. The number of ether oxygens (including phenoxy) is 1. The Balaban J connectivity index is 2.96. The number of carbonyl (C=O) groups is 1. The first kappa shape index (κ1) is 11.8. The van der Waals surface area contributed by atoms with Crippen LogP contribution in [0.25, 0.3) is 0 Å². The third kappa shape index (κ3) is 2.88. The highest BCUT2D eigenvalue weighted by atomic mass is 16.5. The Morgan fingerprint density at radius 2 is 2.31 bits per heavy atom. The SMILES string of the molecule is COc1cc(C)c(C=NNC(N)=O)c(O)c1. The molecule has 0 unspecified atom stereocenters. The summed E-state index contributed by atoms with van der Waals surface area (Å²) in [6.45, 7) is 1.79. The van der Waals surface area contributed by atoms with Crippen molar-refractivity contribution in [1.29, 1.82) is 0 Å². The molecule has 0 atom stereocenters. The number of benzene rings is 1. The number of primary amides is 1. The number of rotatable bonds is 3. The fraction of sp³-hybridized carbons (Fsp3) is 0.200. The number of hydrogen-bond acceptors (Lipinski definition) is 4. The molecule has 1 aromatic carbocycles. The van der Waals surface area contributed by atoms with E-state index in [0.717, 1.165) is 5.56 Å². The number of nitrogens with one attached hydrogen (secondary N) is 1. The van der Waals surface area contributed by atoms with Crippen molar-refractivity contribution >= 4 is 12.2 Å². The quantitative estimate of drug-likeness (QED) is 0.520. The molecule has 0 bridgehead atoms. The topological polar surface area (TPSA) is 96.9 Å². The van der Waals surface area contributed by atoms with Gasteiger partial charge in [0.2, 0.25) is 0 Å². The number of amides is 2. The summed E-state index contributed by atoms with van der Waals surface area (Å²) in [5, 5.41) is 13.2. The highest BCUT2D eigenvalue weighted by molar-refractivity contribution is 5.86. The number of phenolic OH excluding ortho intramolecular Hbond substituents is 1. The van der Waals surface area contributed by atoms with E-state index in [-0.39, 0.29) is 5.75 Å². The van der Waals surface area contributed by atoms with Gasteiger partial charge in [-0.25, -0.2) is 10.2 Å². The van der Waals surface area contributed by atoms with Crippen molar-refractivity contribution in [3.8, 4) is 11.5 Å². The predicted molar refractivity (Wildman–Crippen MR) is 59.7 cm³/mol. The zero-order chi connectivity index (χ0) is 12.1. The molecule has 0 radical (unpaired) electrons. The van der Waals surface area contributed by atoms with Gasteiger partial charge in [-0.05, 0) is 18.6 Å². The van der Waals surface area contributed by atoms with Gasteiger partial charge in [-0.1, -0.05) is 0 Å². The first-order valence-corrected chi connectivity index (χ1v) is 4.50. The van der Waals surface area contributed by atoms with Gasteiger partial charge in [0.05, 0.1) is 13.3 Å². The molecule has 0 fully saturated rings. The Hall–Kier alpha value is -2.24. The summed E-state index contributed by atoms with van der Waals surface area (Å²) in [6.07, 6.45) is 1.31. The monoisotopic (exact) mass is 223 g/mol. The van der Waals surface area contributed by atoms with Gasteiger partial charge in [0, 0.05) is 11.6 Å². The molecule has 0 aliphatic heterocycles. The van der Waals surface area contributed by atoms with Crippen LogP contribution in [0.2, 0.25) is 0 Å². The van der Waals surface area contributed by atoms with Gasteiger partial charge < -0.3 is 15.6 Å². The maximum absolute atomic E-state index is 10.4. The molecular weight excluding hydrogens is 210 g/mol. The van der Waals surface area contributed by atoms with Gasteiger partial charge in [0.1, 0.15) is 11.5 Å². The lowest BCUT2D eigenvalue weighted by molar-refractivity contribution is 0.249. The molecule has 0 aliphatic carbocycles. The molecule has 16 heavy (non-hydrogen) atoms. The lowest BCUT2D eigenvalue weighted by atomic mass is 10.1. The molecule has 0 aliphatic rings. The number of methoxy groups -OCH3 is 1. The van der Waals surface area contributed by atoms with E-state index in [1.54, 1.807) is 13.0 Å². The smallest absolute Gasteiger partial charge is 0.332 e. The number of carbonyl (C=O) groups excluding carboxylic acids is 1. The normalized spacial score (nSPS) is 10.4. The average Bonchev–Trinajstić information content (AvgIpc) is 2.21. The second-order valence-corrected chi connectivity index (χ2v) is 3.11. The molecule has 0 aromatic heterocycles. The molecule has 0 spiro atoms. The largest absolute Gasteiger partial charge is 0.507 e. The number of nitrogens with two attached hydrogens (primary N) is 1. The maximum Gasteiger partial charge on any atom is 0.332 e. The Morgan fingerprint density at radius 3 is 2.81 bits per heavy atom. The van der Waals surface area contributed by atoms with Gasteiger partial charge in [-0.2, -0.15) is 5.10 Å². The summed E-state index contributed by atoms with van der Waals surface area (Å²) >= 11 is 0. The van der Waals surface area contributed by atoms with Crippen LogP contribution in [-0.4, -0.2) is 24.5 Å². The summed E-state index contributed by atoms with van der Waals surface area (Å²) in [7, 11) is 1.51. The molecule has 0 saturated heterocycles. The molecule has 2 amide bonds. The Labute approximate surface area is 92.7 Å². The van der Waals surface area contributed by atoms with Crippen molar-refractivity contribution in [3.05, 3.63) is 23.3 Å². The number of nitrogens with zero attached hydrogens (tertiary/aromatic N) is 1. The van der Waals surface area contributed by atoms with Crippen molar-refractivity contribution in [2.75, 3.05) is 7.11 Å². The van der Waals surface area contributed by atoms with Gasteiger partial charge in [-0.3, -0.25) is 0 Å². The summed E-state index contributed by atoms with van der Waals surface area (Å²) in [5.41, 5.74) is 8.14. The van der Waals surface area contributed by atoms with Crippen LogP contribution in [-0.2, 0) is 0 Å². The number of hydrogen-bond donors (Lipinski definition) is 3. The molecule has 0 heterocycles. The van der Waals surface area contributed by atoms with Gasteiger partial charge in [-0.15, -0.1) is 0 Å². The van der Waals surface area contributed by atoms with Crippen LogP contribution >= 0.6 is 0 Å². The predicted octanol–water partition coefficient (Wildman–Crippen LogP) is 0.711. The number of aryl methyl sites for hydroxylation is 1.